The minimum absolute atomic E-state index is 0.113. The van der Waals surface area contributed by atoms with Gasteiger partial charge in [0.1, 0.15) is 11.6 Å². The number of piperazine rings is 1. The molecule has 4 atom stereocenters. The fourth-order valence-corrected chi connectivity index (χ4v) is 7.23. The summed E-state index contributed by atoms with van der Waals surface area (Å²) < 4.78 is 35.5. The average molecular weight is 619 g/mol. The maximum Gasteiger partial charge on any atom is 0.335 e. The zero-order chi connectivity index (χ0) is 30.2. The van der Waals surface area contributed by atoms with E-state index in [1.165, 1.54) is 6.07 Å². The van der Waals surface area contributed by atoms with Gasteiger partial charge in [-0.3, -0.25) is 4.90 Å². The monoisotopic (exact) mass is 618 g/mol. The highest BCUT2D eigenvalue weighted by molar-refractivity contribution is 6.30. The van der Waals surface area contributed by atoms with Crippen LogP contribution in [0.5, 0.6) is 11.5 Å². The van der Waals surface area contributed by atoms with Crippen LogP contribution in [-0.4, -0.2) is 63.4 Å². The number of hydrogen-bond acceptors (Lipinski definition) is 7. The van der Waals surface area contributed by atoms with Crippen molar-refractivity contribution in [2.75, 3.05) is 24.6 Å². The number of carboxylic acid groups (broad SMARTS) is 1. The van der Waals surface area contributed by atoms with Crippen LogP contribution < -0.4 is 14.4 Å². The minimum Gasteiger partial charge on any atom is -0.478 e. The van der Waals surface area contributed by atoms with Gasteiger partial charge in [-0.15, -0.1) is 0 Å². The molecule has 4 aromatic rings. The molecule has 0 radical (unpaired) electrons. The summed E-state index contributed by atoms with van der Waals surface area (Å²) in [4.78, 5) is 21.6. The molecule has 3 fully saturated rings. The lowest BCUT2D eigenvalue weighted by atomic mass is 9.81. The molecule has 8 rings (SSSR count). The molecule has 4 aliphatic rings. The fourth-order valence-electron chi connectivity index (χ4n) is 7.07. The van der Waals surface area contributed by atoms with Crippen LogP contribution in [-0.2, 0) is 23.6 Å². The first-order valence-corrected chi connectivity index (χ1v) is 15.5. The number of benzene rings is 3. The lowest BCUT2D eigenvalue weighted by molar-refractivity contribution is -0.0706. The van der Waals surface area contributed by atoms with E-state index in [4.69, 9.17) is 30.8 Å². The van der Waals surface area contributed by atoms with Crippen molar-refractivity contribution in [1.29, 1.82) is 0 Å². The maximum atomic E-state index is 14.9. The van der Waals surface area contributed by atoms with E-state index >= 15 is 0 Å². The molecule has 1 aromatic heterocycles. The molecule has 0 unspecified atom stereocenters. The number of ether oxygens (including phenoxy) is 3. The summed E-state index contributed by atoms with van der Waals surface area (Å²) in [5, 5.41) is 9.91. The molecule has 1 aliphatic carbocycles. The van der Waals surface area contributed by atoms with E-state index in [0.29, 0.717) is 41.2 Å². The third-order valence-corrected chi connectivity index (χ3v) is 9.82. The van der Waals surface area contributed by atoms with Crippen LogP contribution in [0, 0.1) is 5.82 Å². The number of rotatable bonds is 7. The number of imidazole rings is 1. The Balaban J connectivity index is 1.05. The van der Waals surface area contributed by atoms with Crippen LogP contribution in [0.4, 0.5) is 10.1 Å². The molecule has 0 bridgehead atoms. The van der Waals surface area contributed by atoms with Gasteiger partial charge in [0.05, 0.1) is 47.0 Å². The van der Waals surface area contributed by atoms with Gasteiger partial charge in [-0.25, -0.2) is 14.2 Å². The molecule has 0 spiro atoms. The van der Waals surface area contributed by atoms with E-state index in [1.54, 1.807) is 37.3 Å². The van der Waals surface area contributed by atoms with Crippen LogP contribution >= 0.6 is 11.6 Å². The van der Waals surface area contributed by atoms with E-state index in [9.17, 15) is 14.3 Å². The van der Waals surface area contributed by atoms with Crippen molar-refractivity contribution in [2.24, 2.45) is 0 Å². The smallest absolute Gasteiger partial charge is 0.335 e. The number of carbonyl (C=O) groups is 1. The molecule has 11 heteroatoms. The van der Waals surface area contributed by atoms with Gasteiger partial charge >= 0.3 is 5.97 Å². The Morgan fingerprint density at radius 1 is 1.09 bits per heavy atom. The Labute approximate surface area is 258 Å². The van der Waals surface area contributed by atoms with Crippen molar-refractivity contribution in [3.63, 3.8) is 0 Å². The molecule has 3 aromatic carbocycles. The summed E-state index contributed by atoms with van der Waals surface area (Å²) in [6.07, 6.45) is 3.21. The third kappa shape index (κ3) is 4.50. The molecule has 4 heterocycles. The van der Waals surface area contributed by atoms with E-state index in [2.05, 4.69) is 20.4 Å². The van der Waals surface area contributed by atoms with Gasteiger partial charge in [0.25, 0.3) is 5.79 Å². The maximum absolute atomic E-state index is 14.9. The van der Waals surface area contributed by atoms with Crippen molar-refractivity contribution in [3.05, 3.63) is 82.4 Å². The first-order valence-electron chi connectivity index (χ1n) is 15.1. The summed E-state index contributed by atoms with van der Waals surface area (Å²) in [6.45, 7) is 5.40. The Bertz CT molecular complexity index is 1790. The highest BCUT2D eigenvalue weighted by Crippen LogP contribution is 2.51. The number of hydrogen-bond donors (Lipinski definition) is 1. The predicted molar refractivity (Wildman–Crippen MR) is 162 cm³/mol. The number of aromatic carboxylic acids is 1. The second-order valence-corrected chi connectivity index (χ2v) is 12.6. The van der Waals surface area contributed by atoms with Crippen molar-refractivity contribution in [1.82, 2.24) is 14.5 Å². The van der Waals surface area contributed by atoms with Crippen LogP contribution in [0.15, 0.2) is 54.6 Å². The van der Waals surface area contributed by atoms with Gasteiger partial charge in [-0.2, -0.15) is 0 Å². The zero-order valence-corrected chi connectivity index (χ0v) is 25.0. The highest BCUT2D eigenvalue weighted by atomic mass is 35.5. The zero-order valence-electron chi connectivity index (χ0n) is 24.2. The Kier molecular flexibility index (Phi) is 6.51. The fraction of sp³-hybridized carbons (Fsp3) is 0.394. The molecule has 0 amide bonds. The summed E-state index contributed by atoms with van der Waals surface area (Å²) in [5.74, 6) is -0.593. The van der Waals surface area contributed by atoms with Crippen LogP contribution in [0.25, 0.3) is 11.0 Å². The normalized spacial score (nSPS) is 25.9. The van der Waals surface area contributed by atoms with Gasteiger partial charge in [-0.05, 0) is 67.8 Å². The third-order valence-electron chi connectivity index (χ3n) is 9.59. The van der Waals surface area contributed by atoms with E-state index < -0.39 is 17.6 Å². The highest BCUT2D eigenvalue weighted by Gasteiger charge is 2.47. The molecule has 3 aliphatic heterocycles. The second-order valence-electron chi connectivity index (χ2n) is 12.2. The van der Waals surface area contributed by atoms with E-state index in [-0.39, 0.29) is 17.7 Å². The first-order chi connectivity index (χ1) is 21.3. The molecular weight excluding hydrogens is 587 g/mol. The topological polar surface area (TPSA) is 89.3 Å². The van der Waals surface area contributed by atoms with Crippen molar-refractivity contribution in [3.8, 4) is 11.5 Å². The lowest BCUT2D eigenvalue weighted by Gasteiger charge is -2.54. The number of anilines is 1. The van der Waals surface area contributed by atoms with Gasteiger partial charge in [0.15, 0.2) is 11.5 Å². The predicted octanol–water partition coefficient (Wildman–Crippen LogP) is 5.81. The standard InChI is InChI=1S/C33H32ClFN4O5/c1-33(22-7-6-20(34)16-23(22)35)43-29-4-2-3-27(31(29)44-33)38-13-12-37(25-9-10-26(25)38)18-30-36-24-8-5-19(32(40)41)15-28(24)39(30)17-21-11-14-42-21/h2-8,15-16,21,25-26H,9-14,17-18H2,1H3,(H,40,41)/t21-,25+,26-,33+/m0/s1. The summed E-state index contributed by atoms with van der Waals surface area (Å²) in [5.41, 5.74) is 3.12. The average Bonchev–Trinajstić information content (AvgIpc) is 3.47. The first kappa shape index (κ1) is 27.7. The Morgan fingerprint density at radius 2 is 1.93 bits per heavy atom. The Hall–Kier alpha value is -3.86. The van der Waals surface area contributed by atoms with Gasteiger partial charge < -0.3 is 28.8 Å². The minimum atomic E-state index is -1.31. The van der Waals surface area contributed by atoms with Gasteiger partial charge in [-0.1, -0.05) is 17.7 Å². The molecule has 1 saturated carbocycles. The van der Waals surface area contributed by atoms with Crippen LogP contribution in [0.3, 0.4) is 0 Å². The van der Waals surface area contributed by atoms with E-state index in [0.717, 1.165) is 61.5 Å². The molecule has 2 saturated heterocycles. The number of nitrogens with zero attached hydrogens (tertiary/aromatic N) is 4. The number of fused-ring (bicyclic) bond motifs is 3. The second kappa shape index (κ2) is 10.4. The number of carboxylic acids is 1. The van der Waals surface area contributed by atoms with Crippen molar-refractivity contribution in [2.45, 2.75) is 63.3 Å². The number of aromatic nitrogens is 2. The van der Waals surface area contributed by atoms with Gasteiger partial charge in [0, 0.05) is 43.7 Å². The summed E-state index contributed by atoms with van der Waals surface area (Å²) >= 11 is 6.00. The Morgan fingerprint density at radius 3 is 2.66 bits per heavy atom. The van der Waals surface area contributed by atoms with Crippen LogP contribution in [0.1, 0.15) is 47.9 Å². The van der Waals surface area contributed by atoms with Crippen molar-refractivity contribution < 1.29 is 28.5 Å². The molecule has 9 nitrogen and oxygen atoms in total. The lowest BCUT2D eigenvalue weighted by Crippen LogP contribution is -2.64. The summed E-state index contributed by atoms with van der Waals surface area (Å²) in [7, 11) is 0. The molecular formula is C33H32ClFN4O5. The summed E-state index contributed by atoms with van der Waals surface area (Å²) in [6, 6.07) is 16.1. The van der Waals surface area contributed by atoms with Gasteiger partial charge in [0.2, 0.25) is 0 Å². The number of para-hydroxylation sites is 1. The quantitative estimate of drug-likeness (QED) is 0.278. The molecule has 1 N–H and O–H groups in total. The SMILES string of the molecule is C[C@@]1(c2ccc(Cl)cc2F)Oc2cccc(N3CCN(Cc4nc5ccc(C(=O)O)cc5n4C[C@@H]4CCO4)[C@@H]4CC[C@@H]43)c2O1. The number of halogens is 2. The largest absolute Gasteiger partial charge is 0.478 e. The molecule has 228 valence electrons. The molecule has 44 heavy (non-hydrogen) atoms. The van der Waals surface area contributed by atoms with Crippen molar-refractivity contribution >= 4 is 34.3 Å². The van der Waals surface area contributed by atoms with E-state index in [1.807, 2.05) is 12.1 Å². The van der Waals surface area contributed by atoms with Crippen LogP contribution in [0.2, 0.25) is 5.02 Å².